The number of nitrogens with two attached hydrogens (primary N) is 1. The SMILES string of the molecule is N=C(N)c1ccc(-c2ccc(OC[C@@H]3C[C@@H](CC(=O)OCOC(=O)OC4CCCCC4)C(=O)N3)cc2)cc1. The molecule has 1 aliphatic carbocycles. The zero-order valence-electron chi connectivity index (χ0n) is 21.1. The molecule has 2 atom stereocenters. The second kappa shape index (κ2) is 12.9. The van der Waals surface area contributed by atoms with E-state index in [2.05, 4.69) is 5.32 Å². The fourth-order valence-corrected chi connectivity index (χ4v) is 4.65. The van der Waals surface area contributed by atoms with Crippen LogP contribution in [0.2, 0.25) is 0 Å². The maximum Gasteiger partial charge on any atom is 0.511 e. The van der Waals surface area contributed by atoms with Crippen LogP contribution < -0.4 is 15.8 Å². The van der Waals surface area contributed by atoms with E-state index in [1.165, 1.54) is 0 Å². The van der Waals surface area contributed by atoms with Gasteiger partial charge in [0.05, 0.1) is 18.4 Å². The predicted molar refractivity (Wildman–Crippen MR) is 138 cm³/mol. The Morgan fingerprint density at radius 3 is 2.26 bits per heavy atom. The summed E-state index contributed by atoms with van der Waals surface area (Å²) in [4.78, 5) is 36.1. The Hall–Kier alpha value is -4.08. The average molecular weight is 524 g/mol. The number of nitrogens with one attached hydrogen (secondary N) is 2. The molecule has 4 rings (SSSR count). The molecule has 0 unspecified atom stereocenters. The molecule has 2 fully saturated rings. The topological polar surface area (TPSA) is 150 Å². The van der Waals surface area contributed by atoms with E-state index in [9.17, 15) is 14.4 Å². The van der Waals surface area contributed by atoms with E-state index in [0.717, 1.165) is 43.2 Å². The lowest BCUT2D eigenvalue weighted by molar-refractivity contribution is -0.156. The molecule has 1 saturated heterocycles. The standard InChI is InChI=1S/C28H33N3O7/c29-26(30)20-8-6-18(7-9-20)19-10-12-23(13-11-19)35-16-22-14-21(27(33)31-22)15-25(32)36-17-37-28(34)38-24-4-2-1-3-5-24/h6-13,21-22,24H,1-5,14-17H2,(H3,29,30)(H,31,33)/t21-,22-/m0/s1. The molecule has 0 spiro atoms. The Kier molecular flexibility index (Phi) is 9.18. The second-order valence-electron chi connectivity index (χ2n) is 9.58. The van der Waals surface area contributed by atoms with Crippen LogP contribution in [-0.4, -0.2) is 49.4 Å². The minimum absolute atomic E-state index is 0.0269. The highest BCUT2D eigenvalue weighted by molar-refractivity contribution is 5.95. The molecule has 38 heavy (non-hydrogen) atoms. The first-order valence-corrected chi connectivity index (χ1v) is 12.8. The number of carbonyl (C=O) groups is 3. The van der Waals surface area contributed by atoms with Gasteiger partial charge < -0.3 is 30.0 Å². The zero-order chi connectivity index (χ0) is 26.9. The number of amidine groups is 1. The molecule has 0 aromatic heterocycles. The summed E-state index contributed by atoms with van der Waals surface area (Å²) in [7, 11) is 0. The number of carbonyl (C=O) groups excluding carboxylic acids is 3. The van der Waals surface area contributed by atoms with E-state index < -0.39 is 24.8 Å². The number of rotatable bonds is 10. The van der Waals surface area contributed by atoms with Crippen molar-refractivity contribution in [2.75, 3.05) is 13.4 Å². The summed E-state index contributed by atoms with van der Waals surface area (Å²) >= 11 is 0. The normalized spacial score (nSPS) is 19.3. The molecule has 10 heteroatoms. The van der Waals surface area contributed by atoms with Crippen molar-refractivity contribution >= 4 is 23.9 Å². The third kappa shape index (κ3) is 7.71. The smallest absolute Gasteiger partial charge is 0.491 e. The Bertz CT molecular complexity index is 1130. The third-order valence-electron chi connectivity index (χ3n) is 6.75. The van der Waals surface area contributed by atoms with Crippen LogP contribution in [0.5, 0.6) is 5.75 Å². The van der Waals surface area contributed by atoms with Crippen LogP contribution in [0.15, 0.2) is 48.5 Å². The number of nitrogen functional groups attached to an aromatic ring is 1. The van der Waals surface area contributed by atoms with E-state index in [1.807, 2.05) is 36.4 Å². The van der Waals surface area contributed by atoms with Gasteiger partial charge in [-0.1, -0.05) is 42.8 Å². The number of esters is 1. The van der Waals surface area contributed by atoms with Crippen molar-refractivity contribution < 1.29 is 33.3 Å². The molecule has 0 bridgehead atoms. The molecule has 2 aliphatic rings. The van der Waals surface area contributed by atoms with Crippen molar-refractivity contribution in [1.29, 1.82) is 5.41 Å². The minimum atomic E-state index is -0.848. The van der Waals surface area contributed by atoms with E-state index >= 15 is 0 Å². The summed E-state index contributed by atoms with van der Waals surface area (Å²) in [6.45, 7) is -0.276. The summed E-state index contributed by atoms with van der Waals surface area (Å²) in [6, 6.07) is 14.7. The molecule has 1 heterocycles. The molecule has 4 N–H and O–H groups in total. The van der Waals surface area contributed by atoms with Gasteiger partial charge in [-0.05, 0) is 55.4 Å². The second-order valence-corrected chi connectivity index (χ2v) is 9.58. The molecule has 2 aromatic carbocycles. The van der Waals surface area contributed by atoms with Crippen LogP contribution in [0, 0.1) is 11.3 Å². The van der Waals surface area contributed by atoms with Crippen molar-refractivity contribution in [3.8, 4) is 16.9 Å². The lowest BCUT2D eigenvalue weighted by Crippen LogP contribution is -2.31. The van der Waals surface area contributed by atoms with Gasteiger partial charge in [0, 0.05) is 5.56 Å². The van der Waals surface area contributed by atoms with Gasteiger partial charge in [-0.15, -0.1) is 0 Å². The summed E-state index contributed by atoms with van der Waals surface area (Å²) < 4.78 is 20.8. The van der Waals surface area contributed by atoms with Crippen molar-refractivity contribution in [2.45, 2.75) is 57.1 Å². The van der Waals surface area contributed by atoms with Crippen molar-refractivity contribution in [1.82, 2.24) is 5.32 Å². The summed E-state index contributed by atoms with van der Waals surface area (Å²) in [5, 5.41) is 10.3. The van der Waals surface area contributed by atoms with E-state index in [-0.39, 0.29) is 36.9 Å². The largest absolute Gasteiger partial charge is 0.511 e. The van der Waals surface area contributed by atoms with Gasteiger partial charge in [0.1, 0.15) is 24.3 Å². The van der Waals surface area contributed by atoms with Gasteiger partial charge >= 0.3 is 12.1 Å². The monoisotopic (exact) mass is 523 g/mol. The van der Waals surface area contributed by atoms with Crippen LogP contribution in [0.1, 0.15) is 50.5 Å². The van der Waals surface area contributed by atoms with E-state index in [4.69, 9.17) is 30.1 Å². The number of hydrogen-bond acceptors (Lipinski definition) is 8. The van der Waals surface area contributed by atoms with Gasteiger partial charge in [0.15, 0.2) is 0 Å². The predicted octanol–water partition coefficient (Wildman–Crippen LogP) is 3.90. The van der Waals surface area contributed by atoms with Gasteiger partial charge in [-0.3, -0.25) is 15.0 Å². The third-order valence-corrected chi connectivity index (χ3v) is 6.75. The zero-order valence-corrected chi connectivity index (χ0v) is 21.1. The van der Waals surface area contributed by atoms with Gasteiger partial charge in [-0.2, -0.15) is 0 Å². The van der Waals surface area contributed by atoms with Crippen LogP contribution in [0.3, 0.4) is 0 Å². The first kappa shape index (κ1) is 27.0. The molecular weight excluding hydrogens is 490 g/mol. The maximum atomic E-state index is 12.3. The van der Waals surface area contributed by atoms with Crippen molar-refractivity contribution in [2.24, 2.45) is 11.7 Å². The van der Waals surface area contributed by atoms with E-state index in [1.54, 1.807) is 12.1 Å². The highest BCUT2D eigenvalue weighted by Crippen LogP contribution is 2.25. The highest BCUT2D eigenvalue weighted by atomic mass is 16.8. The van der Waals surface area contributed by atoms with Crippen molar-refractivity contribution in [3.05, 3.63) is 54.1 Å². The Balaban J connectivity index is 1.15. The molecule has 10 nitrogen and oxygen atoms in total. The fraction of sp³-hybridized carbons (Fsp3) is 0.429. The molecule has 2 aromatic rings. The molecule has 1 aliphatic heterocycles. The van der Waals surface area contributed by atoms with Crippen LogP contribution in [0.25, 0.3) is 11.1 Å². The first-order chi connectivity index (χ1) is 18.4. The maximum absolute atomic E-state index is 12.3. The quantitative estimate of drug-likeness (QED) is 0.184. The summed E-state index contributed by atoms with van der Waals surface area (Å²) in [6.07, 6.45) is 4.15. The lowest BCUT2D eigenvalue weighted by Gasteiger charge is -2.21. The molecule has 1 amide bonds. The number of hydrogen-bond donors (Lipinski definition) is 3. The van der Waals surface area contributed by atoms with Gasteiger partial charge in [0.25, 0.3) is 0 Å². The Morgan fingerprint density at radius 1 is 0.947 bits per heavy atom. The fourth-order valence-electron chi connectivity index (χ4n) is 4.65. The number of amides is 1. The number of benzene rings is 2. The number of ether oxygens (including phenoxy) is 4. The van der Waals surface area contributed by atoms with Gasteiger partial charge in [-0.25, -0.2) is 4.79 Å². The molecular formula is C28H33N3O7. The Morgan fingerprint density at radius 2 is 1.61 bits per heavy atom. The van der Waals surface area contributed by atoms with Crippen LogP contribution >= 0.6 is 0 Å². The first-order valence-electron chi connectivity index (χ1n) is 12.8. The van der Waals surface area contributed by atoms with Crippen LogP contribution in [0.4, 0.5) is 4.79 Å². The minimum Gasteiger partial charge on any atom is -0.491 e. The molecule has 1 saturated carbocycles. The highest BCUT2D eigenvalue weighted by Gasteiger charge is 2.34. The van der Waals surface area contributed by atoms with Crippen molar-refractivity contribution in [3.63, 3.8) is 0 Å². The summed E-state index contributed by atoms with van der Waals surface area (Å²) in [5.74, 6) is -0.713. The van der Waals surface area contributed by atoms with E-state index in [0.29, 0.717) is 17.7 Å². The van der Waals surface area contributed by atoms with Crippen LogP contribution in [-0.2, 0) is 23.8 Å². The average Bonchev–Trinajstić information content (AvgIpc) is 3.27. The Labute approximate surface area is 221 Å². The molecule has 202 valence electrons. The molecule has 0 radical (unpaired) electrons. The summed E-state index contributed by atoms with van der Waals surface area (Å²) in [5.41, 5.74) is 8.15. The van der Waals surface area contributed by atoms with Gasteiger partial charge in [0.2, 0.25) is 12.7 Å². The lowest BCUT2D eigenvalue weighted by atomic mass is 9.98.